The number of aliphatic hydroxyl groups is 1. The van der Waals surface area contributed by atoms with Gasteiger partial charge in [0.25, 0.3) is 17.7 Å². The molecule has 13 nitrogen and oxygen atoms in total. The number of ether oxygens (including phenoxy) is 1. The first kappa shape index (κ1) is 41.6. The average Bonchev–Trinajstić information content (AvgIpc) is 3.80. The molecule has 4 atom stereocenters. The van der Waals surface area contributed by atoms with Gasteiger partial charge in [0.1, 0.15) is 41.4 Å². The van der Waals surface area contributed by atoms with Gasteiger partial charge in [-0.25, -0.2) is 22.9 Å². The SMILES string of the molecule is C[C@H](O)C(=O)N(C[C@@H]1CN(C(=O)OC(C)(C)C)C[C@@H]1F)[C@@H](c1nc(-c2cc(F)ccc2F)cn1Cc1ccccc1)C(C)(C)C(=O)NCCN1C(=O)C=CC1=O. The molecule has 5 amide bonds. The van der Waals surface area contributed by atoms with Crippen molar-refractivity contribution in [3.63, 3.8) is 0 Å². The number of nitrogens with zero attached hydrogens (tertiary/aromatic N) is 5. The molecule has 0 unspecified atom stereocenters. The number of aliphatic hydroxyl groups excluding tert-OH is 1. The van der Waals surface area contributed by atoms with E-state index in [0.717, 1.165) is 45.7 Å². The molecule has 0 bridgehead atoms. The summed E-state index contributed by atoms with van der Waals surface area (Å²) in [5.74, 6) is -5.19. The van der Waals surface area contributed by atoms with E-state index < -0.39 is 83.2 Å². The van der Waals surface area contributed by atoms with Crippen molar-refractivity contribution in [1.82, 2.24) is 29.6 Å². The first-order valence-corrected chi connectivity index (χ1v) is 18.3. The molecule has 3 aromatic rings. The highest BCUT2D eigenvalue weighted by Gasteiger charge is 2.49. The maximum atomic E-state index is 15.9. The van der Waals surface area contributed by atoms with E-state index in [1.165, 1.54) is 31.9 Å². The minimum atomic E-state index is -1.69. The molecule has 56 heavy (non-hydrogen) atoms. The van der Waals surface area contributed by atoms with E-state index in [-0.39, 0.29) is 49.8 Å². The van der Waals surface area contributed by atoms with Gasteiger partial charge < -0.3 is 29.5 Å². The third-order valence-electron chi connectivity index (χ3n) is 9.64. The lowest BCUT2D eigenvalue weighted by atomic mass is 9.80. The van der Waals surface area contributed by atoms with Crippen LogP contribution in [0.3, 0.4) is 0 Å². The normalized spacial score (nSPS) is 18.3. The van der Waals surface area contributed by atoms with Crippen molar-refractivity contribution in [2.45, 2.75) is 72.0 Å². The van der Waals surface area contributed by atoms with Gasteiger partial charge in [0.15, 0.2) is 0 Å². The van der Waals surface area contributed by atoms with E-state index in [4.69, 9.17) is 9.72 Å². The molecule has 2 aliphatic heterocycles. The first-order valence-electron chi connectivity index (χ1n) is 18.3. The summed E-state index contributed by atoms with van der Waals surface area (Å²) in [6, 6.07) is 10.5. The molecular weight excluding hydrogens is 733 g/mol. The molecule has 3 heterocycles. The smallest absolute Gasteiger partial charge is 0.410 e. The maximum Gasteiger partial charge on any atom is 0.410 e. The van der Waals surface area contributed by atoms with Crippen molar-refractivity contribution >= 4 is 29.7 Å². The van der Waals surface area contributed by atoms with Gasteiger partial charge in [-0.3, -0.25) is 24.1 Å². The number of amides is 5. The van der Waals surface area contributed by atoms with Crippen LogP contribution in [0.1, 0.15) is 59.0 Å². The lowest BCUT2D eigenvalue weighted by Crippen LogP contribution is -2.54. The number of rotatable bonds is 13. The third kappa shape index (κ3) is 9.46. The molecule has 5 rings (SSSR count). The molecule has 16 heteroatoms. The molecular formula is C40H47F3N6O7. The Morgan fingerprint density at radius 1 is 1.02 bits per heavy atom. The van der Waals surface area contributed by atoms with Crippen LogP contribution in [-0.4, -0.2) is 110 Å². The Kier molecular flexibility index (Phi) is 12.4. The highest BCUT2D eigenvalue weighted by molar-refractivity contribution is 6.12. The van der Waals surface area contributed by atoms with Gasteiger partial charge in [0, 0.05) is 62.6 Å². The Bertz CT molecular complexity index is 1980. The van der Waals surface area contributed by atoms with Gasteiger partial charge >= 0.3 is 6.09 Å². The number of nitrogens with one attached hydrogen (secondary N) is 1. The Labute approximate surface area is 323 Å². The summed E-state index contributed by atoms with van der Waals surface area (Å²) in [6.07, 6.45) is -0.371. The van der Waals surface area contributed by atoms with E-state index in [0.29, 0.717) is 0 Å². The zero-order chi connectivity index (χ0) is 41.1. The lowest BCUT2D eigenvalue weighted by molar-refractivity contribution is -0.150. The van der Waals surface area contributed by atoms with Crippen LogP contribution in [0, 0.1) is 23.0 Å². The van der Waals surface area contributed by atoms with Crippen LogP contribution in [0.15, 0.2) is 66.9 Å². The molecule has 0 radical (unpaired) electrons. The number of likely N-dealkylation sites (tertiary alicyclic amines) is 1. The molecule has 0 saturated carbocycles. The zero-order valence-electron chi connectivity index (χ0n) is 32.2. The number of hydrogen-bond acceptors (Lipinski definition) is 8. The Morgan fingerprint density at radius 2 is 1.68 bits per heavy atom. The van der Waals surface area contributed by atoms with E-state index in [1.807, 2.05) is 12.1 Å². The van der Waals surface area contributed by atoms with Crippen molar-refractivity contribution in [2.75, 3.05) is 32.7 Å². The zero-order valence-corrected chi connectivity index (χ0v) is 32.2. The number of imidazole rings is 1. The molecule has 2 N–H and O–H groups in total. The Morgan fingerprint density at radius 3 is 2.30 bits per heavy atom. The Balaban J connectivity index is 1.62. The van der Waals surface area contributed by atoms with Crippen LogP contribution < -0.4 is 5.32 Å². The number of benzene rings is 2. The summed E-state index contributed by atoms with van der Waals surface area (Å²) in [4.78, 5) is 73.9. The van der Waals surface area contributed by atoms with E-state index in [1.54, 1.807) is 43.5 Å². The molecule has 1 aromatic heterocycles. The van der Waals surface area contributed by atoms with Crippen LogP contribution in [0.5, 0.6) is 0 Å². The van der Waals surface area contributed by atoms with Crippen LogP contribution in [0.4, 0.5) is 18.0 Å². The van der Waals surface area contributed by atoms with Crippen LogP contribution in [-0.2, 0) is 30.5 Å². The summed E-state index contributed by atoms with van der Waals surface area (Å²) < 4.78 is 52.8. The summed E-state index contributed by atoms with van der Waals surface area (Å²) in [6.45, 7) is 8.08. The summed E-state index contributed by atoms with van der Waals surface area (Å²) in [7, 11) is 0. The number of hydrogen-bond donors (Lipinski definition) is 2. The monoisotopic (exact) mass is 780 g/mol. The van der Waals surface area contributed by atoms with Gasteiger partial charge in [0.05, 0.1) is 17.7 Å². The fraction of sp³-hybridized carbons (Fsp3) is 0.450. The molecule has 0 spiro atoms. The summed E-state index contributed by atoms with van der Waals surface area (Å²) in [5, 5.41) is 13.5. The van der Waals surface area contributed by atoms with Crippen LogP contribution in [0.25, 0.3) is 11.3 Å². The van der Waals surface area contributed by atoms with Crippen molar-refractivity contribution in [1.29, 1.82) is 0 Å². The second-order valence-electron chi connectivity index (χ2n) is 15.6. The molecule has 1 saturated heterocycles. The molecule has 300 valence electrons. The number of halogens is 3. The highest BCUT2D eigenvalue weighted by atomic mass is 19.1. The minimum absolute atomic E-state index is 0.0215. The van der Waals surface area contributed by atoms with Crippen LogP contribution in [0.2, 0.25) is 0 Å². The topological polar surface area (TPSA) is 154 Å². The van der Waals surface area contributed by atoms with E-state index in [2.05, 4.69) is 5.32 Å². The average molecular weight is 781 g/mol. The first-order chi connectivity index (χ1) is 26.3. The largest absolute Gasteiger partial charge is 0.444 e. The second kappa shape index (κ2) is 16.7. The van der Waals surface area contributed by atoms with Crippen molar-refractivity contribution in [3.05, 3.63) is 89.9 Å². The van der Waals surface area contributed by atoms with Gasteiger partial charge in [0.2, 0.25) is 5.91 Å². The van der Waals surface area contributed by atoms with Gasteiger partial charge in [-0.2, -0.15) is 0 Å². The van der Waals surface area contributed by atoms with Gasteiger partial charge in [-0.1, -0.05) is 30.3 Å². The summed E-state index contributed by atoms with van der Waals surface area (Å²) in [5.41, 5.74) is -2.04. The molecule has 0 aliphatic carbocycles. The minimum Gasteiger partial charge on any atom is -0.444 e. The predicted molar refractivity (Wildman–Crippen MR) is 198 cm³/mol. The number of carbonyl (C=O) groups excluding carboxylic acids is 5. The standard InChI is InChI=1S/C40H47F3N6O7/c1-24(50)36(53)49(21-26-20-47(22-30(26)43)38(55)56-39(2,3)4)34(40(5,6)37(54)44-16-17-48-32(51)14-15-33(48)52)35-45-31(28-18-27(41)12-13-29(28)42)23-46(35)19-25-10-8-7-9-11-25/h7-15,18,23-24,26,30,34,50H,16-17,19-22H2,1-6H3,(H,44,54)/t24-,26-,30-,34-/m0/s1. The fourth-order valence-electron chi connectivity index (χ4n) is 6.81. The van der Waals surface area contributed by atoms with Crippen molar-refractivity contribution < 1.29 is 47.0 Å². The second-order valence-corrected chi connectivity index (χ2v) is 15.6. The third-order valence-corrected chi connectivity index (χ3v) is 9.64. The number of carbonyl (C=O) groups is 5. The van der Waals surface area contributed by atoms with Gasteiger partial charge in [-0.05, 0) is 65.3 Å². The maximum absolute atomic E-state index is 15.9. The fourth-order valence-corrected chi connectivity index (χ4v) is 6.81. The van der Waals surface area contributed by atoms with Crippen molar-refractivity contribution in [3.8, 4) is 11.3 Å². The predicted octanol–water partition coefficient (Wildman–Crippen LogP) is 4.40. The van der Waals surface area contributed by atoms with Crippen LogP contribution >= 0.6 is 0 Å². The van der Waals surface area contributed by atoms with E-state index in [9.17, 15) is 33.5 Å². The Hall–Kier alpha value is -5.51. The quantitative estimate of drug-likeness (QED) is 0.242. The van der Waals surface area contributed by atoms with Gasteiger partial charge in [-0.15, -0.1) is 0 Å². The summed E-state index contributed by atoms with van der Waals surface area (Å²) >= 11 is 0. The number of imide groups is 1. The number of alkyl halides is 1. The molecule has 1 fully saturated rings. The highest BCUT2D eigenvalue weighted by Crippen LogP contribution is 2.42. The molecule has 2 aliphatic rings. The van der Waals surface area contributed by atoms with Crippen molar-refractivity contribution in [2.24, 2.45) is 11.3 Å². The van der Waals surface area contributed by atoms with E-state index >= 15 is 8.78 Å². The lowest BCUT2D eigenvalue weighted by Gasteiger charge is -2.42. The number of aromatic nitrogens is 2. The molecule has 2 aromatic carbocycles.